The monoisotopic (exact) mass is 309 g/mol. The van der Waals surface area contributed by atoms with Crippen LogP contribution in [0.2, 0.25) is 5.02 Å². The summed E-state index contributed by atoms with van der Waals surface area (Å²) in [5, 5.41) is 8.94. The van der Waals surface area contributed by atoms with E-state index < -0.39 is 12.1 Å². The second-order valence-electron chi connectivity index (χ2n) is 4.01. The zero-order valence-electron chi connectivity index (χ0n) is 12.1. The number of esters is 1. The SMILES string of the molecule is CCOc1c(Cl)cc(/C=C/C(=O)O[C@@H](C)C#N)cc1OC. The van der Waals surface area contributed by atoms with E-state index in [1.54, 1.807) is 12.1 Å². The summed E-state index contributed by atoms with van der Waals surface area (Å²) in [7, 11) is 1.50. The number of ether oxygens (including phenoxy) is 3. The Morgan fingerprint density at radius 3 is 2.81 bits per heavy atom. The molecule has 0 aliphatic heterocycles. The first kappa shape index (κ1) is 16.9. The summed E-state index contributed by atoms with van der Waals surface area (Å²) in [5.41, 5.74) is 0.655. The highest BCUT2D eigenvalue weighted by atomic mass is 35.5. The number of rotatable bonds is 6. The van der Waals surface area contributed by atoms with Crippen LogP contribution in [0.15, 0.2) is 18.2 Å². The van der Waals surface area contributed by atoms with Crippen molar-refractivity contribution in [3.63, 3.8) is 0 Å². The van der Waals surface area contributed by atoms with Crippen molar-refractivity contribution < 1.29 is 19.0 Å². The Morgan fingerprint density at radius 1 is 1.52 bits per heavy atom. The Hall–Kier alpha value is -2.19. The molecule has 112 valence electrons. The van der Waals surface area contributed by atoms with Gasteiger partial charge >= 0.3 is 5.97 Å². The lowest BCUT2D eigenvalue weighted by molar-refractivity contribution is -0.139. The van der Waals surface area contributed by atoms with Crippen LogP contribution in [0.25, 0.3) is 6.08 Å². The molecule has 0 aliphatic carbocycles. The Bertz CT molecular complexity index is 578. The Kier molecular flexibility index (Phi) is 6.57. The zero-order valence-corrected chi connectivity index (χ0v) is 12.8. The molecule has 1 rings (SSSR count). The third-order valence-corrected chi connectivity index (χ3v) is 2.71. The Balaban J connectivity index is 2.92. The standard InChI is InChI=1S/C15H16ClNO4/c1-4-20-15-12(16)7-11(8-13(15)19-3)5-6-14(18)21-10(2)9-17/h5-8,10H,4H2,1-3H3/b6-5+/t10-/m0/s1. The minimum absolute atomic E-state index is 0.384. The van der Waals surface area contributed by atoms with Crippen LogP contribution in [0.5, 0.6) is 11.5 Å². The van der Waals surface area contributed by atoms with Gasteiger partial charge in [0.15, 0.2) is 17.6 Å². The predicted octanol–water partition coefficient (Wildman–Crippen LogP) is 3.22. The number of hydrogen-bond acceptors (Lipinski definition) is 5. The van der Waals surface area contributed by atoms with Crippen molar-refractivity contribution in [1.82, 2.24) is 0 Å². The van der Waals surface area contributed by atoms with Crippen LogP contribution in [-0.4, -0.2) is 25.8 Å². The van der Waals surface area contributed by atoms with Crippen molar-refractivity contribution in [2.24, 2.45) is 0 Å². The van der Waals surface area contributed by atoms with Crippen LogP contribution in [0.3, 0.4) is 0 Å². The lowest BCUT2D eigenvalue weighted by Crippen LogP contribution is -2.10. The molecule has 0 amide bonds. The number of hydrogen-bond donors (Lipinski definition) is 0. The van der Waals surface area contributed by atoms with E-state index in [2.05, 4.69) is 0 Å². The second-order valence-corrected chi connectivity index (χ2v) is 4.42. The fraction of sp³-hybridized carbons (Fsp3) is 0.333. The first-order valence-corrected chi connectivity index (χ1v) is 6.68. The smallest absolute Gasteiger partial charge is 0.332 e. The quantitative estimate of drug-likeness (QED) is 0.596. The van der Waals surface area contributed by atoms with E-state index >= 15 is 0 Å². The van der Waals surface area contributed by atoms with Gasteiger partial charge in [-0.25, -0.2) is 4.79 Å². The summed E-state index contributed by atoms with van der Waals surface area (Å²) in [6.45, 7) is 3.79. The molecule has 0 radical (unpaired) electrons. The van der Waals surface area contributed by atoms with E-state index in [0.29, 0.717) is 28.7 Å². The average molecular weight is 310 g/mol. The number of methoxy groups -OCH3 is 1. The molecular weight excluding hydrogens is 294 g/mol. The molecular formula is C15H16ClNO4. The van der Waals surface area contributed by atoms with Gasteiger partial charge < -0.3 is 14.2 Å². The summed E-state index contributed by atoms with van der Waals surface area (Å²) in [6.07, 6.45) is 1.95. The highest BCUT2D eigenvalue weighted by Gasteiger charge is 2.11. The number of halogens is 1. The maximum absolute atomic E-state index is 11.4. The van der Waals surface area contributed by atoms with Crippen molar-refractivity contribution in [1.29, 1.82) is 5.26 Å². The van der Waals surface area contributed by atoms with Crippen LogP contribution < -0.4 is 9.47 Å². The van der Waals surface area contributed by atoms with E-state index in [-0.39, 0.29) is 0 Å². The number of benzene rings is 1. The van der Waals surface area contributed by atoms with E-state index in [1.165, 1.54) is 26.2 Å². The van der Waals surface area contributed by atoms with Crippen molar-refractivity contribution in [3.8, 4) is 17.6 Å². The molecule has 1 aromatic rings. The highest BCUT2D eigenvalue weighted by molar-refractivity contribution is 6.32. The fourth-order valence-corrected chi connectivity index (χ4v) is 1.80. The number of carbonyl (C=O) groups excluding carboxylic acids is 1. The zero-order chi connectivity index (χ0) is 15.8. The molecule has 6 heteroatoms. The molecule has 0 heterocycles. The largest absolute Gasteiger partial charge is 0.493 e. The lowest BCUT2D eigenvalue weighted by atomic mass is 10.2. The summed E-state index contributed by atoms with van der Waals surface area (Å²) >= 11 is 6.12. The third kappa shape index (κ3) is 5.01. The maximum atomic E-state index is 11.4. The van der Waals surface area contributed by atoms with Gasteiger partial charge in [0.25, 0.3) is 0 Å². The first-order valence-electron chi connectivity index (χ1n) is 6.30. The van der Waals surface area contributed by atoms with E-state index in [9.17, 15) is 4.79 Å². The minimum atomic E-state index is -0.791. The van der Waals surface area contributed by atoms with Crippen molar-refractivity contribution in [2.75, 3.05) is 13.7 Å². The maximum Gasteiger partial charge on any atom is 0.332 e. The van der Waals surface area contributed by atoms with Gasteiger partial charge in [-0.15, -0.1) is 0 Å². The molecule has 0 saturated carbocycles. The first-order chi connectivity index (χ1) is 10.0. The summed E-state index contributed by atoms with van der Waals surface area (Å²) in [5.74, 6) is 0.329. The summed E-state index contributed by atoms with van der Waals surface area (Å²) < 4.78 is 15.4. The van der Waals surface area contributed by atoms with Gasteiger partial charge in [-0.3, -0.25) is 0 Å². The average Bonchev–Trinajstić information content (AvgIpc) is 2.47. The molecule has 0 N–H and O–H groups in total. The summed E-state index contributed by atoms with van der Waals surface area (Å²) in [6, 6.07) is 5.14. The fourth-order valence-electron chi connectivity index (χ4n) is 1.52. The molecule has 0 bridgehead atoms. The van der Waals surface area contributed by atoms with Gasteiger partial charge in [-0.1, -0.05) is 11.6 Å². The van der Waals surface area contributed by atoms with Gasteiger partial charge in [0.05, 0.1) is 18.7 Å². The van der Waals surface area contributed by atoms with Crippen LogP contribution in [0, 0.1) is 11.3 Å². The van der Waals surface area contributed by atoms with Crippen molar-refractivity contribution in [3.05, 3.63) is 28.8 Å². The van der Waals surface area contributed by atoms with Crippen molar-refractivity contribution in [2.45, 2.75) is 20.0 Å². The molecule has 1 atom stereocenters. The minimum Gasteiger partial charge on any atom is -0.493 e. The van der Waals surface area contributed by atoms with E-state index in [4.69, 9.17) is 31.1 Å². The van der Waals surface area contributed by atoms with Crippen LogP contribution in [0.1, 0.15) is 19.4 Å². The van der Waals surface area contributed by atoms with Gasteiger partial charge in [-0.05, 0) is 37.6 Å². The molecule has 0 saturated heterocycles. The van der Waals surface area contributed by atoms with Gasteiger partial charge in [0.2, 0.25) is 0 Å². The molecule has 0 aromatic heterocycles. The van der Waals surface area contributed by atoms with E-state index in [0.717, 1.165) is 0 Å². The van der Waals surface area contributed by atoms with E-state index in [1.807, 2.05) is 13.0 Å². The highest BCUT2D eigenvalue weighted by Crippen LogP contribution is 2.36. The van der Waals surface area contributed by atoms with Crippen LogP contribution >= 0.6 is 11.6 Å². The molecule has 5 nitrogen and oxygen atoms in total. The van der Waals surface area contributed by atoms with Crippen LogP contribution in [-0.2, 0) is 9.53 Å². The van der Waals surface area contributed by atoms with Crippen LogP contribution in [0.4, 0.5) is 0 Å². The molecule has 0 aliphatic rings. The number of carbonyl (C=O) groups is 1. The third-order valence-electron chi connectivity index (χ3n) is 2.43. The number of nitrogens with zero attached hydrogens (tertiary/aromatic N) is 1. The number of nitriles is 1. The molecule has 21 heavy (non-hydrogen) atoms. The van der Waals surface area contributed by atoms with Gasteiger partial charge in [0, 0.05) is 6.08 Å². The summed E-state index contributed by atoms with van der Waals surface area (Å²) in [4.78, 5) is 11.4. The topological polar surface area (TPSA) is 68.5 Å². The Labute approximate surface area is 128 Å². The predicted molar refractivity (Wildman–Crippen MR) is 79.4 cm³/mol. The van der Waals surface area contributed by atoms with Gasteiger partial charge in [0.1, 0.15) is 6.07 Å². The normalized spacial score (nSPS) is 11.8. The molecule has 1 aromatic carbocycles. The Morgan fingerprint density at radius 2 is 2.24 bits per heavy atom. The van der Waals surface area contributed by atoms with Crippen molar-refractivity contribution >= 4 is 23.6 Å². The molecule has 0 fully saturated rings. The molecule has 0 spiro atoms. The lowest BCUT2D eigenvalue weighted by Gasteiger charge is -2.11. The second kappa shape index (κ2) is 8.18. The van der Waals surface area contributed by atoms with Gasteiger partial charge in [-0.2, -0.15) is 5.26 Å². The molecule has 0 unspecified atom stereocenters.